The second-order valence-electron chi connectivity index (χ2n) is 3.78. The van der Waals surface area contributed by atoms with E-state index in [2.05, 4.69) is 15.0 Å². The lowest BCUT2D eigenvalue weighted by molar-refractivity contribution is 0.581. The molecular weight excluding hydrogens is 282 g/mol. The Balaban J connectivity index is 2.19. The van der Waals surface area contributed by atoms with Crippen LogP contribution in [0.5, 0.6) is 0 Å². The third kappa shape index (κ3) is 3.52. The summed E-state index contributed by atoms with van der Waals surface area (Å²) in [5, 5.41) is 4.86. The zero-order valence-corrected chi connectivity index (χ0v) is 12.1. The molecule has 0 spiro atoms. The highest BCUT2D eigenvalue weighted by molar-refractivity contribution is 7.89. The van der Waals surface area contributed by atoms with Crippen molar-refractivity contribution in [1.82, 2.24) is 9.71 Å². The number of thiophene rings is 1. The number of anilines is 1. The SMILES string of the molecule is CCNc1ncccc1S(=O)(=O)NCc1cccs1. The maximum absolute atomic E-state index is 12.2. The molecule has 19 heavy (non-hydrogen) atoms. The molecule has 0 bridgehead atoms. The van der Waals surface area contributed by atoms with Crippen molar-refractivity contribution in [2.75, 3.05) is 11.9 Å². The van der Waals surface area contributed by atoms with E-state index >= 15 is 0 Å². The molecule has 0 aromatic carbocycles. The molecule has 102 valence electrons. The summed E-state index contributed by atoms with van der Waals surface area (Å²) in [7, 11) is -3.56. The van der Waals surface area contributed by atoms with E-state index in [0.29, 0.717) is 18.9 Å². The van der Waals surface area contributed by atoms with Crippen molar-refractivity contribution >= 4 is 27.2 Å². The van der Waals surface area contributed by atoms with Crippen LogP contribution in [-0.2, 0) is 16.6 Å². The molecule has 0 aliphatic rings. The lowest BCUT2D eigenvalue weighted by Crippen LogP contribution is -2.24. The van der Waals surface area contributed by atoms with Gasteiger partial charge in [0.05, 0.1) is 0 Å². The van der Waals surface area contributed by atoms with Gasteiger partial charge in [0.15, 0.2) is 0 Å². The van der Waals surface area contributed by atoms with Crippen LogP contribution in [-0.4, -0.2) is 19.9 Å². The Morgan fingerprint density at radius 1 is 1.32 bits per heavy atom. The zero-order chi connectivity index (χ0) is 13.7. The molecule has 0 fully saturated rings. The summed E-state index contributed by atoms with van der Waals surface area (Å²) >= 11 is 1.52. The van der Waals surface area contributed by atoms with Gasteiger partial charge >= 0.3 is 0 Å². The number of nitrogens with zero attached hydrogens (tertiary/aromatic N) is 1. The van der Waals surface area contributed by atoms with Crippen LogP contribution in [0.2, 0.25) is 0 Å². The predicted molar refractivity (Wildman–Crippen MR) is 76.7 cm³/mol. The zero-order valence-electron chi connectivity index (χ0n) is 10.5. The largest absolute Gasteiger partial charge is 0.369 e. The monoisotopic (exact) mass is 297 g/mol. The van der Waals surface area contributed by atoms with Crippen molar-refractivity contribution < 1.29 is 8.42 Å². The first-order valence-corrected chi connectivity index (χ1v) is 8.20. The fraction of sp³-hybridized carbons (Fsp3) is 0.250. The molecule has 5 nitrogen and oxygen atoms in total. The highest BCUT2D eigenvalue weighted by Crippen LogP contribution is 2.18. The van der Waals surface area contributed by atoms with E-state index in [1.54, 1.807) is 18.3 Å². The van der Waals surface area contributed by atoms with Crippen LogP contribution in [0.25, 0.3) is 0 Å². The first-order chi connectivity index (χ1) is 9.13. The fourth-order valence-corrected chi connectivity index (χ4v) is 3.44. The molecule has 2 heterocycles. The smallest absolute Gasteiger partial charge is 0.244 e. The molecule has 0 aliphatic heterocycles. The van der Waals surface area contributed by atoms with Crippen molar-refractivity contribution in [2.45, 2.75) is 18.4 Å². The maximum atomic E-state index is 12.2. The Morgan fingerprint density at radius 2 is 2.16 bits per heavy atom. The Labute approximate surface area is 116 Å². The Morgan fingerprint density at radius 3 is 2.84 bits per heavy atom. The van der Waals surface area contributed by atoms with Crippen molar-refractivity contribution in [3.05, 3.63) is 40.7 Å². The van der Waals surface area contributed by atoms with Gasteiger partial charge in [0.2, 0.25) is 10.0 Å². The number of nitrogens with one attached hydrogen (secondary N) is 2. The average Bonchev–Trinajstić information content (AvgIpc) is 2.91. The van der Waals surface area contributed by atoms with E-state index in [0.717, 1.165) is 4.88 Å². The number of pyridine rings is 1. The average molecular weight is 297 g/mol. The van der Waals surface area contributed by atoms with E-state index in [1.807, 2.05) is 24.4 Å². The van der Waals surface area contributed by atoms with Gasteiger partial charge in [-0.25, -0.2) is 18.1 Å². The topological polar surface area (TPSA) is 71.1 Å². The van der Waals surface area contributed by atoms with Gasteiger partial charge in [0, 0.05) is 24.2 Å². The van der Waals surface area contributed by atoms with Crippen molar-refractivity contribution in [2.24, 2.45) is 0 Å². The minimum Gasteiger partial charge on any atom is -0.369 e. The summed E-state index contributed by atoms with van der Waals surface area (Å²) < 4.78 is 27.1. The number of hydrogen-bond donors (Lipinski definition) is 2. The molecule has 0 saturated carbocycles. The number of sulfonamides is 1. The highest BCUT2D eigenvalue weighted by atomic mass is 32.2. The van der Waals surface area contributed by atoms with Crippen LogP contribution in [0.3, 0.4) is 0 Å². The van der Waals surface area contributed by atoms with Crippen molar-refractivity contribution in [1.29, 1.82) is 0 Å². The lowest BCUT2D eigenvalue weighted by Gasteiger charge is -2.10. The second-order valence-corrected chi connectivity index (χ2v) is 6.55. The van der Waals surface area contributed by atoms with Crippen LogP contribution >= 0.6 is 11.3 Å². The molecular formula is C12H15N3O2S2. The van der Waals surface area contributed by atoms with E-state index < -0.39 is 10.0 Å². The molecule has 2 aromatic rings. The Hall–Kier alpha value is -1.44. The van der Waals surface area contributed by atoms with Crippen LogP contribution in [0.4, 0.5) is 5.82 Å². The molecule has 0 saturated heterocycles. The first kappa shape index (κ1) is 14.0. The van der Waals surface area contributed by atoms with E-state index in [1.165, 1.54) is 11.3 Å². The van der Waals surface area contributed by atoms with Crippen LogP contribution in [0, 0.1) is 0 Å². The number of rotatable bonds is 6. The van der Waals surface area contributed by atoms with Crippen molar-refractivity contribution in [3.63, 3.8) is 0 Å². The standard InChI is InChI=1S/C12H15N3O2S2/c1-2-13-12-11(6-3-7-14-12)19(16,17)15-9-10-5-4-8-18-10/h3-8,15H,2,9H2,1H3,(H,13,14). The molecule has 0 atom stereocenters. The van der Waals surface area contributed by atoms with Gasteiger partial charge < -0.3 is 5.32 Å². The minimum absolute atomic E-state index is 0.174. The number of hydrogen-bond acceptors (Lipinski definition) is 5. The maximum Gasteiger partial charge on any atom is 0.244 e. The third-order valence-corrected chi connectivity index (χ3v) is 4.73. The summed E-state index contributed by atoms with van der Waals surface area (Å²) in [5.74, 6) is 0.378. The van der Waals surface area contributed by atoms with Gasteiger partial charge in [-0.15, -0.1) is 11.3 Å². The predicted octanol–water partition coefficient (Wildman–Crippen LogP) is 2.05. The summed E-state index contributed by atoms with van der Waals surface area (Å²) in [4.78, 5) is 5.20. The lowest BCUT2D eigenvalue weighted by atomic mass is 10.4. The normalized spacial score (nSPS) is 11.4. The van der Waals surface area contributed by atoms with E-state index in [9.17, 15) is 8.42 Å². The second kappa shape index (κ2) is 6.14. The quantitative estimate of drug-likeness (QED) is 0.856. The number of aromatic nitrogens is 1. The first-order valence-electron chi connectivity index (χ1n) is 5.84. The van der Waals surface area contributed by atoms with Gasteiger partial charge in [0.1, 0.15) is 10.7 Å². The van der Waals surface area contributed by atoms with Gasteiger partial charge in [-0.1, -0.05) is 6.07 Å². The van der Waals surface area contributed by atoms with Gasteiger partial charge in [0.25, 0.3) is 0 Å². The Kier molecular flexibility index (Phi) is 4.52. The third-order valence-electron chi connectivity index (χ3n) is 2.42. The van der Waals surface area contributed by atoms with Crippen LogP contribution < -0.4 is 10.0 Å². The fourth-order valence-electron chi connectivity index (χ4n) is 1.56. The highest BCUT2D eigenvalue weighted by Gasteiger charge is 2.18. The van der Waals surface area contributed by atoms with Gasteiger partial charge in [-0.2, -0.15) is 0 Å². The summed E-state index contributed by atoms with van der Waals surface area (Å²) in [6.45, 7) is 2.80. The molecule has 0 aliphatic carbocycles. The van der Waals surface area contributed by atoms with Crippen LogP contribution in [0.1, 0.15) is 11.8 Å². The molecule has 2 N–H and O–H groups in total. The minimum atomic E-state index is -3.56. The molecule has 7 heteroatoms. The van der Waals surface area contributed by atoms with E-state index in [4.69, 9.17) is 0 Å². The summed E-state index contributed by atoms with van der Waals surface area (Å²) in [5.41, 5.74) is 0. The Bertz CT molecular complexity index is 624. The van der Waals surface area contributed by atoms with Gasteiger partial charge in [-0.3, -0.25) is 0 Å². The molecule has 2 rings (SSSR count). The molecule has 2 aromatic heterocycles. The van der Waals surface area contributed by atoms with E-state index in [-0.39, 0.29) is 4.90 Å². The van der Waals surface area contributed by atoms with Crippen LogP contribution in [0.15, 0.2) is 40.7 Å². The molecule has 0 radical (unpaired) electrons. The summed E-state index contributed by atoms with van der Waals surface area (Å²) in [6.07, 6.45) is 1.57. The van der Waals surface area contributed by atoms with Gasteiger partial charge in [-0.05, 0) is 30.5 Å². The van der Waals surface area contributed by atoms with Crippen molar-refractivity contribution in [3.8, 4) is 0 Å². The molecule has 0 amide bonds. The summed E-state index contributed by atoms with van der Waals surface area (Å²) in [6, 6.07) is 6.94. The molecule has 0 unspecified atom stereocenters.